The Labute approximate surface area is 206 Å². The van der Waals surface area contributed by atoms with Gasteiger partial charge in [0.05, 0.1) is 23.4 Å². The number of rotatable bonds is 7. The van der Waals surface area contributed by atoms with Crippen LogP contribution in [0.5, 0.6) is 11.5 Å². The lowest BCUT2D eigenvalue weighted by Crippen LogP contribution is -2.24. The predicted octanol–water partition coefficient (Wildman–Crippen LogP) is 2.33. The number of halogens is 1. The van der Waals surface area contributed by atoms with E-state index >= 15 is 0 Å². The average molecular weight is 514 g/mol. The molecule has 0 saturated carbocycles. The molecule has 3 aromatic heterocycles. The molecule has 0 amide bonds. The van der Waals surface area contributed by atoms with Gasteiger partial charge in [-0.3, -0.25) is 4.57 Å². The number of aromatic nitrogens is 7. The van der Waals surface area contributed by atoms with E-state index in [2.05, 4.69) is 30.1 Å². The number of ether oxygens (including phenoxy) is 2. The first-order valence-corrected chi connectivity index (χ1v) is 12.8. The summed E-state index contributed by atoms with van der Waals surface area (Å²) in [5, 5.41) is 8.98. The first-order chi connectivity index (χ1) is 16.9. The quantitative estimate of drug-likeness (QED) is 0.362. The lowest BCUT2D eigenvalue weighted by molar-refractivity contribution is 0.259. The number of hydrogen-bond acceptors (Lipinski definition) is 10. The molecule has 1 aliphatic heterocycles. The minimum Gasteiger partial charge on any atom is -0.493 e. The third-order valence-electron chi connectivity index (χ3n) is 5.45. The van der Waals surface area contributed by atoms with Gasteiger partial charge in [0.1, 0.15) is 30.1 Å². The van der Waals surface area contributed by atoms with E-state index in [9.17, 15) is 8.42 Å². The molecule has 4 aromatic rings. The van der Waals surface area contributed by atoms with Gasteiger partial charge in [-0.15, -0.1) is 10.2 Å². The largest absolute Gasteiger partial charge is 0.493 e. The summed E-state index contributed by atoms with van der Waals surface area (Å²) < 4.78 is 39.4. The zero-order valence-corrected chi connectivity index (χ0v) is 20.1. The van der Waals surface area contributed by atoms with Crippen LogP contribution in [0.3, 0.4) is 0 Å². The number of nitrogens with zero attached hydrogens (tertiary/aromatic N) is 7. The van der Waals surface area contributed by atoms with Crippen molar-refractivity contribution in [3.05, 3.63) is 71.5 Å². The van der Waals surface area contributed by atoms with Crippen molar-refractivity contribution in [2.45, 2.75) is 18.2 Å². The molecule has 0 unspecified atom stereocenters. The molecule has 1 aliphatic rings. The summed E-state index contributed by atoms with van der Waals surface area (Å²) >= 11 is 5.81. The van der Waals surface area contributed by atoms with E-state index in [1.54, 1.807) is 36.2 Å². The number of benzene rings is 1. The van der Waals surface area contributed by atoms with Crippen LogP contribution in [0.25, 0.3) is 11.4 Å². The molecule has 0 N–H and O–H groups in total. The Hall–Kier alpha value is -3.64. The van der Waals surface area contributed by atoms with Crippen LogP contribution in [0.4, 0.5) is 0 Å². The first-order valence-electron chi connectivity index (χ1n) is 10.6. The van der Waals surface area contributed by atoms with Crippen LogP contribution < -0.4 is 9.47 Å². The van der Waals surface area contributed by atoms with E-state index in [0.29, 0.717) is 39.6 Å². The predicted molar refractivity (Wildman–Crippen MR) is 126 cm³/mol. The second-order valence-corrected chi connectivity index (χ2v) is 10.4. The molecule has 35 heavy (non-hydrogen) atoms. The molecule has 0 saturated heterocycles. The van der Waals surface area contributed by atoms with E-state index in [-0.39, 0.29) is 30.4 Å². The number of hydrogen-bond donors (Lipinski definition) is 0. The summed E-state index contributed by atoms with van der Waals surface area (Å²) in [4.78, 5) is 16.9. The van der Waals surface area contributed by atoms with Gasteiger partial charge in [-0.1, -0.05) is 17.7 Å². The fourth-order valence-corrected chi connectivity index (χ4v) is 5.15. The van der Waals surface area contributed by atoms with E-state index in [4.69, 9.17) is 21.1 Å². The second-order valence-electron chi connectivity index (χ2n) is 7.74. The Morgan fingerprint density at radius 1 is 1.11 bits per heavy atom. The van der Waals surface area contributed by atoms with Crippen LogP contribution in [0.2, 0.25) is 5.02 Å². The SMILES string of the molecule is COc1cccc2c1OC[C@H](c1ncccn1)n1c(CS(=O)(=O)CCc3ncc(Cl)cn3)nnc1-2. The zero-order chi connectivity index (χ0) is 24.4. The third kappa shape index (κ3) is 4.80. The molecule has 4 heterocycles. The Kier molecular flexibility index (Phi) is 6.31. The summed E-state index contributed by atoms with van der Waals surface area (Å²) in [5.74, 6) is 2.08. The average Bonchev–Trinajstić information content (AvgIpc) is 3.18. The summed E-state index contributed by atoms with van der Waals surface area (Å²) in [6, 6.07) is 6.56. The van der Waals surface area contributed by atoms with Crippen LogP contribution >= 0.6 is 11.6 Å². The maximum Gasteiger partial charge on any atom is 0.172 e. The highest BCUT2D eigenvalue weighted by molar-refractivity contribution is 7.90. The third-order valence-corrected chi connectivity index (χ3v) is 7.17. The van der Waals surface area contributed by atoms with E-state index < -0.39 is 15.9 Å². The maximum atomic E-state index is 13.1. The molecule has 0 bridgehead atoms. The molecular formula is C22H20ClN7O4S. The monoisotopic (exact) mass is 513 g/mol. The summed E-state index contributed by atoms with van der Waals surface area (Å²) in [6.45, 7) is 0.133. The standard InChI is InChI=1S/C22H20ClN7O4S/c1-33-17-5-2-4-15-20(17)34-12-16(21-24-7-3-8-25-21)30-19(28-29-22(15)30)13-35(31,32)9-6-18-26-10-14(23)11-27-18/h2-5,7-8,10-11,16H,6,9,12-13H2,1H3/t16-/m1/s1. The molecule has 0 spiro atoms. The molecular weight excluding hydrogens is 494 g/mol. The van der Waals surface area contributed by atoms with Gasteiger partial charge in [-0.05, 0) is 18.2 Å². The van der Waals surface area contributed by atoms with E-state index in [1.165, 1.54) is 12.4 Å². The van der Waals surface area contributed by atoms with Crippen LogP contribution in [0.1, 0.15) is 23.5 Å². The van der Waals surface area contributed by atoms with Gasteiger partial charge in [-0.25, -0.2) is 28.4 Å². The molecule has 5 rings (SSSR count). The smallest absolute Gasteiger partial charge is 0.172 e. The topological polar surface area (TPSA) is 135 Å². The molecule has 11 nitrogen and oxygen atoms in total. The van der Waals surface area contributed by atoms with Crippen molar-refractivity contribution in [1.29, 1.82) is 0 Å². The molecule has 13 heteroatoms. The fourth-order valence-electron chi connectivity index (χ4n) is 3.83. The van der Waals surface area contributed by atoms with Crippen molar-refractivity contribution in [3.8, 4) is 22.9 Å². The van der Waals surface area contributed by atoms with Gasteiger partial charge in [0.15, 0.2) is 33.0 Å². The summed E-state index contributed by atoms with van der Waals surface area (Å²) in [6.07, 6.45) is 6.26. The Bertz CT molecular complexity index is 1450. The Morgan fingerprint density at radius 3 is 2.63 bits per heavy atom. The number of para-hydroxylation sites is 1. The second kappa shape index (κ2) is 9.55. The van der Waals surface area contributed by atoms with Gasteiger partial charge >= 0.3 is 0 Å². The van der Waals surface area contributed by atoms with Crippen molar-refractivity contribution in [3.63, 3.8) is 0 Å². The van der Waals surface area contributed by atoms with Crippen molar-refractivity contribution >= 4 is 21.4 Å². The van der Waals surface area contributed by atoms with Crippen molar-refractivity contribution < 1.29 is 17.9 Å². The Morgan fingerprint density at radius 2 is 1.89 bits per heavy atom. The minimum atomic E-state index is -3.60. The summed E-state index contributed by atoms with van der Waals surface area (Å²) in [7, 11) is -2.05. The van der Waals surface area contributed by atoms with Gasteiger partial charge in [0.25, 0.3) is 0 Å². The van der Waals surface area contributed by atoms with E-state index in [0.717, 1.165) is 0 Å². The number of sulfone groups is 1. The number of fused-ring (bicyclic) bond motifs is 3. The maximum absolute atomic E-state index is 13.1. The van der Waals surface area contributed by atoms with E-state index in [1.807, 2.05) is 12.1 Å². The highest BCUT2D eigenvalue weighted by atomic mass is 35.5. The molecule has 0 aliphatic carbocycles. The van der Waals surface area contributed by atoms with Crippen LogP contribution in [-0.2, 0) is 22.0 Å². The van der Waals surface area contributed by atoms with Gasteiger partial charge in [0.2, 0.25) is 0 Å². The summed E-state index contributed by atoms with van der Waals surface area (Å²) in [5.41, 5.74) is 0.633. The lowest BCUT2D eigenvalue weighted by atomic mass is 10.1. The molecule has 180 valence electrons. The number of methoxy groups -OCH3 is 1. The van der Waals surface area contributed by atoms with Crippen molar-refractivity contribution in [1.82, 2.24) is 34.7 Å². The van der Waals surface area contributed by atoms with Crippen LogP contribution in [0.15, 0.2) is 49.1 Å². The van der Waals surface area contributed by atoms with Crippen molar-refractivity contribution in [2.24, 2.45) is 0 Å². The lowest BCUT2D eigenvalue weighted by Gasteiger charge is -2.18. The molecule has 1 aromatic carbocycles. The minimum absolute atomic E-state index is 0.133. The van der Waals surface area contributed by atoms with Gasteiger partial charge < -0.3 is 9.47 Å². The van der Waals surface area contributed by atoms with Crippen molar-refractivity contribution in [2.75, 3.05) is 19.5 Å². The fraction of sp³-hybridized carbons (Fsp3) is 0.273. The molecule has 0 fully saturated rings. The Balaban J connectivity index is 1.52. The van der Waals surface area contributed by atoms with Gasteiger partial charge in [0, 0.05) is 31.2 Å². The number of aryl methyl sites for hydroxylation is 1. The van der Waals surface area contributed by atoms with Crippen LogP contribution in [0, 0.1) is 0 Å². The van der Waals surface area contributed by atoms with Gasteiger partial charge in [-0.2, -0.15) is 0 Å². The first kappa shape index (κ1) is 23.1. The zero-order valence-electron chi connectivity index (χ0n) is 18.6. The molecule has 0 radical (unpaired) electrons. The normalized spacial score (nSPS) is 15.0. The highest BCUT2D eigenvalue weighted by Gasteiger charge is 2.33. The molecule has 1 atom stereocenters. The van der Waals surface area contributed by atoms with Crippen LogP contribution in [-0.4, -0.2) is 62.6 Å². The highest BCUT2D eigenvalue weighted by Crippen LogP contribution is 2.41.